The van der Waals surface area contributed by atoms with Gasteiger partial charge in [0.2, 0.25) is 5.91 Å². The van der Waals surface area contributed by atoms with Crippen LogP contribution in [-0.2, 0) is 9.59 Å². The van der Waals surface area contributed by atoms with Gasteiger partial charge in [-0.2, -0.15) is 0 Å². The van der Waals surface area contributed by atoms with Gasteiger partial charge in [-0.3, -0.25) is 9.59 Å². The number of thiophene rings is 1. The van der Waals surface area contributed by atoms with Gasteiger partial charge in [-0.05, 0) is 23.4 Å². The van der Waals surface area contributed by atoms with E-state index < -0.39 is 5.97 Å². The molecule has 1 rings (SSSR count). The molecule has 0 saturated heterocycles. The molecule has 92 valence electrons. The zero-order valence-electron chi connectivity index (χ0n) is 9.55. The second-order valence-electron chi connectivity index (χ2n) is 3.80. The van der Waals surface area contributed by atoms with E-state index in [1.54, 1.807) is 24.3 Å². The number of nitrogens with one attached hydrogen (secondary N) is 1. The van der Waals surface area contributed by atoms with Crippen molar-refractivity contribution < 1.29 is 14.7 Å². The number of rotatable bonds is 6. The molecule has 1 amide bonds. The van der Waals surface area contributed by atoms with E-state index in [1.165, 1.54) is 6.08 Å². The average Bonchev–Trinajstić information content (AvgIpc) is 2.75. The van der Waals surface area contributed by atoms with Crippen molar-refractivity contribution in [3.63, 3.8) is 0 Å². The molecule has 17 heavy (non-hydrogen) atoms. The number of carbonyl (C=O) groups is 2. The molecule has 1 atom stereocenters. The number of hydrogen-bond donors (Lipinski definition) is 2. The molecule has 0 radical (unpaired) electrons. The van der Waals surface area contributed by atoms with Crippen LogP contribution in [0.2, 0.25) is 0 Å². The van der Waals surface area contributed by atoms with Gasteiger partial charge < -0.3 is 10.4 Å². The van der Waals surface area contributed by atoms with E-state index in [9.17, 15) is 9.59 Å². The van der Waals surface area contributed by atoms with Gasteiger partial charge in [-0.25, -0.2) is 0 Å². The summed E-state index contributed by atoms with van der Waals surface area (Å²) in [7, 11) is 0. The molecular weight excluding hydrogens is 238 g/mol. The first-order valence-corrected chi connectivity index (χ1v) is 6.17. The molecule has 1 aromatic heterocycles. The molecule has 0 aliphatic carbocycles. The summed E-state index contributed by atoms with van der Waals surface area (Å²) in [5.41, 5.74) is 0. The highest BCUT2D eigenvalue weighted by Crippen LogP contribution is 2.09. The fourth-order valence-electron chi connectivity index (χ4n) is 1.25. The molecule has 4 nitrogen and oxygen atoms in total. The van der Waals surface area contributed by atoms with Crippen LogP contribution in [0.5, 0.6) is 0 Å². The average molecular weight is 253 g/mol. The number of carbonyl (C=O) groups excluding carboxylic acids is 1. The summed E-state index contributed by atoms with van der Waals surface area (Å²) < 4.78 is 0. The van der Waals surface area contributed by atoms with Crippen molar-refractivity contribution in [3.8, 4) is 0 Å². The van der Waals surface area contributed by atoms with Crippen LogP contribution in [0.3, 0.4) is 0 Å². The van der Waals surface area contributed by atoms with Crippen molar-refractivity contribution in [3.05, 3.63) is 28.5 Å². The van der Waals surface area contributed by atoms with Crippen LogP contribution < -0.4 is 5.32 Å². The van der Waals surface area contributed by atoms with Gasteiger partial charge in [0, 0.05) is 23.9 Å². The molecule has 0 fully saturated rings. The lowest BCUT2D eigenvalue weighted by Gasteiger charge is -2.08. The normalized spacial score (nSPS) is 12.5. The van der Waals surface area contributed by atoms with Crippen LogP contribution in [0.4, 0.5) is 0 Å². The second kappa shape index (κ2) is 6.85. The topological polar surface area (TPSA) is 66.4 Å². The number of hydrogen-bond acceptors (Lipinski definition) is 3. The Kier molecular flexibility index (Phi) is 5.42. The molecule has 0 aromatic carbocycles. The Morgan fingerprint density at radius 2 is 2.35 bits per heavy atom. The third-order valence-corrected chi connectivity index (χ3v) is 2.93. The summed E-state index contributed by atoms with van der Waals surface area (Å²) in [6.07, 6.45) is 3.26. The Hall–Kier alpha value is -1.62. The maximum atomic E-state index is 11.4. The number of aliphatic carboxylic acids is 1. The summed E-state index contributed by atoms with van der Waals surface area (Å²) >= 11 is 1.55. The third-order valence-electron chi connectivity index (χ3n) is 2.09. The number of carboxylic acids is 1. The molecule has 1 heterocycles. The summed E-state index contributed by atoms with van der Waals surface area (Å²) in [5.74, 6) is -1.11. The standard InChI is InChI=1S/C12H15NO3S/c1-9(7-12(15)16)8-13-11(14)5-4-10-3-2-6-17-10/h2-6,9H,7-8H2,1H3,(H,13,14)(H,15,16)/b5-4+. The molecule has 5 heteroatoms. The molecule has 0 spiro atoms. The highest BCUT2D eigenvalue weighted by molar-refractivity contribution is 7.10. The van der Waals surface area contributed by atoms with E-state index in [-0.39, 0.29) is 18.2 Å². The Balaban J connectivity index is 2.28. The first kappa shape index (κ1) is 13.4. The maximum Gasteiger partial charge on any atom is 0.303 e. The number of carboxylic acid groups (broad SMARTS) is 1. The van der Waals surface area contributed by atoms with Gasteiger partial charge in [0.05, 0.1) is 0 Å². The minimum atomic E-state index is -0.846. The zero-order valence-corrected chi connectivity index (χ0v) is 10.4. The summed E-state index contributed by atoms with van der Waals surface area (Å²) in [4.78, 5) is 22.8. The predicted molar refractivity (Wildman–Crippen MR) is 67.8 cm³/mol. The van der Waals surface area contributed by atoms with Crippen LogP contribution in [0.1, 0.15) is 18.2 Å². The van der Waals surface area contributed by atoms with Gasteiger partial charge in [0.25, 0.3) is 0 Å². The quantitative estimate of drug-likeness (QED) is 0.762. The van der Waals surface area contributed by atoms with E-state index in [2.05, 4.69) is 5.32 Å². The van der Waals surface area contributed by atoms with Crippen LogP contribution in [0, 0.1) is 5.92 Å². The first-order valence-electron chi connectivity index (χ1n) is 5.29. The molecule has 0 saturated carbocycles. The van der Waals surface area contributed by atoms with Crippen LogP contribution >= 0.6 is 11.3 Å². The highest BCUT2D eigenvalue weighted by atomic mass is 32.1. The fraction of sp³-hybridized carbons (Fsp3) is 0.333. The Labute approximate surface area is 104 Å². The van der Waals surface area contributed by atoms with Crippen LogP contribution in [0.25, 0.3) is 6.08 Å². The third kappa shape index (κ3) is 5.87. The lowest BCUT2D eigenvalue weighted by Crippen LogP contribution is -2.27. The van der Waals surface area contributed by atoms with Crippen LogP contribution in [-0.4, -0.2) is 23.5 Å². The van der Waals surface area contributed by atoms with E-state index in [0.29, 0.717) is 6.54 Å². The van der Waals surface area contributed by atoms with Gasteiger partial charge in [-0.15, -0.1) is 11.3 Å². The van der Waals surface area contributed by atoms with Gasteiger partial charge in [-0.1, -0.05) is 13.0 Å². The van der Waals surface area contributed by atoms with Crippen LogP contribution in [0.15, 0.2) is 23.6 Å². The van der Waals surface area contributed by atoms with E-state index >= 15 is 0 Å². The van der Waals surface area contributed by atoms with Crippen molar-refractivity contribution in [2.45, 2.75) is 13.3 Å². The molecular formula is C12H15NO3S. The summed E-state index contributed by atoms with van der Waals surface area (Å²) in [5, 5.41) is 13.2. The summed E-state index contributed by atoms with van der Waals surface area (Å²) in [6, 6.07) is 3.83. The van der Waals surface area contributed by atoms with Crippen molar-refractivity contribution in [1.82, 2.24) is 5.32 Å². The van der Waals surface area contributed by atoms with Gasteiger partial charge >= 0.3 is 5.97 Å². The second-order valence-corrected chi connectivity index (χ2v) is 4.78. The molecule has 0 bridgehead atoms. The largest absolute Gasteiger partial charge is 0.481 e. The lowest BCUT2D eigenvalue weighted by molar-refractivity contribution is -0.138. The first-order chi connectivity index (χ1) is 8.08. The molecule has 1 unspecified atom stereocenters. The minimum absolute atomic E-state index is 0.0633. The van der Waals surface area contributed by atoms with Crippen molar-refractivity contribution >= 4 is 29.3 Å². The van der Waals surface area contributed by atoms with Crippen molar-refractivity contribution in [1.29, 1.82) is 0 Å². The lowest BCUT2D eigenvalue weighted by atomic mass is 10.1. The predicted octanol–water partition coefficient (Wildman–Crippen LogP) is 1.99. The monoisotopic (exact) mass is 253 g/mol. The molecule has 0 aliphatic heterocycles. The minimum Gasteiger partial charge on any atom is -0.481 e. The Bertz CT molecular complexity index is 398. The Morgan fingerprint density at radius 3 is 2.94 bits per heavy atom. The highest BCUT2D eigenvalue weighted by Gasteiger charge is 2.07. The van der Waals surface area contributed by atoms with E-state index in [4.69, 9.17) is 5.11 Å². The van der Waals surface area contributed by atoms with E-state index in [1.807, 2.05) is 17.5 Å². The van der Waals surface area contributed by atoms with Crippen molar-refractivity contribution in [2.24, 2.45) is 5.92 Å². The number of amides is 1. The van der Waals surface area contributed by atoms with E-state index in [0.717, 1.165) is 4.88 Å². The summed E-state index contributed by atoms with van der Waals surface area (Å²) in [6.45, 7) is 2.16. The van der Waals surface area contributed by atoms with Gasteiger partial charge in [0.15, 0.2) is 0 Å². The molecule has 2 N–H and O–H groups in total. The SMILES string of the molecule is CC(CNC(=O)/C=C/c1cccs1)CC(=O)O. The maximum absolute atomic E-state index is 11.4. The fourth-order valence-corrected chi connectivity index (χ4v) is 1.87. The smallest absolute Gasteiger partial charge is 0.303 e. The van der Waals surface area contributed by atoms with Crippen molar-refractivity contribution in [2.75, 3.05) is 6.54 Å². The Morgan fingerprint density at radius 1 is 1.59 bits per heavy atom. The molecule has 0 aliphatic rings. The molecule has 1 aromatic rings. The zero-order chi connectivity index (χ0) is 12.7. The van der Waals surface area contributed by atoms with Gasteiger partial charge in [0.1, 0.15) is 0 Å².